The summed E-state index contributed by atoms with van der Waals surface area (Å²) in [4.78, 5) is 3.86. The lowest BCUT2D eigenvalue weighted by molar-refractivity contribution is -0.147. The molecule has 0 aliphatic carbocycles. The zero-order valence-corrected chi connectivity index (χ0v) is 8.93. The number of pyridine rings is 1. The van der Waals surface area contributed by atoms with E-state index in [1.54, 1.807) is 24.5 Å². The molecule has 13 heavy (non-hydrogen) atoms. The molecule has 74 valence electrons. The fourth-order valence-corrected chi connectivity index (χ4v) is 0.996. The summed E-state index contributed by atoms with van der Waals surface area (Å²) < 4.78 is 9.98. The highest BCUT2D eigenvalue weighted by atomic mass is 35.5. The van der Waals surface area contributed by atoms with Gasteiger partial charge in [0, 0.05) is 32.2 Å². The molecule has 0 aliphatic rings. The number of halogens is 2. The molecule has 0 saturated carbocycles. The highest BCUT2D eigenvalue weighted by Crippen LogP contribution is 2.29. The number of methoxy groups -OCH3 is 2. The van der Waals surface area contributed by atoms with Gasteiger partial charge in [-0.05, 0) is 12.1 Å². The molecule has 0 atom stereocenters. The van der Waals surface area contributed by atoms with Crippen molar-refractivity contribution in [2.75, 3.05) is 14.2 Å². The maximum Gasteiger partial charge on any atom is 0.275 e. The first-order chi connectivity index (χ1) is 5.73. The molecular formula is C8H11Cl2NO2. The van der Waals surface area contributed by atoms with Crippen molar-refractivity contribution in [3.8, 4) is 0 Å². The fourth-order valence-electron chi connectivity index (χ4n) is 0.870. The van der Waals surface area contributed by atoms with E-state index >= 15 is 0 Å². The molecule has 0 aliphatic heterocycles. The molecule has 0 amide bonds. The van der Waals surface area contributed by atoms with Crippen LogP contribution in [0.25, 0.3) is 0 Å². The zero-order valence-electron chi connectivity index (χ0n) is 7.36. The number of hydrogen-bond donors (Lipinski definition) is 0. The van der Waals surface area contributed by atoms with E-state index in [-0.39, 0.29) is 12.4 Å². The predicted octanol–water partition coefficient (Wildman–Crippen LogP) is 2.15. The summed E-state index contributed by atoms with van der Waals surface area (Å²) in [5.74, 6) is 0. The van der Waals surface area contributed by atoms with E-state index in [9.17, 15) is 0 Å². The summed E-state index contributed by atoms with van der Waals surface area (Å²) in [5, 5.41) is -1.19. The highest BCUT2D eigenvalue weighted by Gasteiger charge is 2.28. The van der Waals surface area contributed by atoms with Gasteiger partial charge >= 0.3 is 0 Å². The third-order valence-corrected chi connectivity index (χ3v) is 2.08. The second-order valence-corrected chi connectivity index (χ2v) is 2.68. The van der Waals surface area contributed by atoms with Crippen LogP contribution in [-0.2, 0) is 14.7 Å². The van der Waals surface area contributed by atoms with Crippen LogP contribution < -0.4 is 0 Å². The Hall–Kier alpha value is -0.350. The number of alkyl halides is 1. The average molecular weight is 224 g/mol. The van der Waals surface area contributed by atoms with E-state index in [1.807, 2.05) is 0 Å². The molecule has 1 rings (SSSR count). The van der Waals surface area contributed by atoms with Gasteiger partial charge in [0.25, 0.3) is 5.25 Å². The number of ether oxygens (including phenoxy) is 2. The van der Waals surface area contributed by atoms with E-state index in [4.69, 9.17) is 21.1 Å². The largest absolute Gasteiger partial charge is 0.337 e. The van der Waals surface area contributed by atoms with Crippen molar-refractivity contribution in [2.45, 2.75) is 5.25 Å². The van der Waals surface area contributed by atoms with Gasteiger partial charge in [-0.25, -0.2) is 0 Å². The lowest BCUT2D eigenvalue weighted by atomic mass is 10.2. The van der Waals surface area contributed by atoms with Crippen molar-refractivity contribution in [2.24, 2.45) is 0 Å². The van der Waals surface area contributed by atoms with E-state index in [0.29, 0.717) is 0 Å². The summed E-state index contributed by atoms with van der Waals surface area (Å²) in [6.07, 6.45) is 3.26. The Morgan fingerprint density at radius 1 is 1.23 bits per heavy atom. The molecule has 0 aromatic carbocycles. The summed E-state index contributed by atoms with van der Waals surface area (Å²) in [6, 6.07) is 3.47. The van der Waals surface area contributed by atoms with Crippen molar-refractivity contribution in [3.05, 3.63) is 30.1 Å². The van der Waals surface area contributed by atoms with E-state index in [1.165, 1.54) is 14.2 Å². The van der Waals surface area contributed by atoms with Gasteiger partial charge in [0.2, 0.25) is 0 Å². The van der Waals surface area contributed by atoms with Gasteiger partial charge in [-0.3, -0.25) is 4.98 Å². The molecule has 0 spiro atoms. The van der Waals surface area contributed by atoms with Crippen LogP contribution in [0.4, 0.5) is 0 Å². The Kier molecular flexibility index (Phi) is 5.25. The number of hydrogen-bond acceptors (Lipinski definition) is 3. The quantitative estimate of drug-likeness (QED) is 0.582. The maximum absolute atomic E-state index is 5.96. The SMILES string of the molecule is COC(Cl)(OC)c1ccncc1.Cl. The lowest BCUT2D eigenvalue weighted by Crippen LogP contribution is -2.23. The molecule has 3 nitrogen and oxygen atoms in total. The van der Waals surface area contributed by atoms with Gasteiger partial charge in [0.15, 0.2) is 0 Å². The molecule has 0 N–H and O–H groups in total. The van der Waals surface area contributed by atoms with Gasteiger partial charge in [0.05, 0.1) is 0 Å². The zero-order chi connectivity index (χ0) is 9.03. The number of nitrogens with zero attached hydrogens (tertiary/aromatic N) is 1. The van der Waals surface area contributed by atoms with Gasteiger partial charge in [-0.15, -0.1) is 12.4 Å². The van der Waals surface area contributed by atoms with E-state index in [2.05, 4.69) is 4.98 Å². The van der Waals surface area contributed by atoms with Crippen LogP contribution in [0, 0.1) is 0 Å². The highest BCUT2D eigenvalue weighted by molar-refractivity contribution is 6.22. The fraction of sp³-hybridized carbons (Fsp3) is 0.375. The molecule has 0 radical (unpaired) electrons. The first kappa shape index (κ1) is 12.7. The van der Waals surface area contributed by atoms with Crippen LogP contribution in [0.5, 0.6) is 0 Å². The molecule has 1 aromatic heterocycles. The van der Waals surface area contributed by atoms with Crippen molar-refractivity contribution >= 4 is 24.0 Å². The summed E-state index contributed by atoms with van der Waals surface area (Å²) in [5.41, 5.74) is 0.726. The van der Waals surface area contributed by atoms with Gasteiger partial charge in [-0.2, -0.15) is 0 Å². The Labute approximate surface area is 88.4 Å². The topological polar surface area (TPSA) is 31.4 Å². The summed E-state index contributed by atoms with van der Waals surface area (Å²) in [7, 11) is 2.97. The molecule has 0 bridgehead atoms. The average Bonchev–Trinajstić information content (AvgIpc) is 2.18. The minimum Gasteiger partial charge on any atom is -0.337 e. The van der Waals surface area contributed by atoms with Gasteiger partial charge in [0.1, 0.15) is 0 Å². The monoisotopic (exact) mass is 223 g/mol. The lowest BCUT2D eigenvalue weighted by Gasteiger charge is -2.23. The van der Waals surface area contributed by atoms with Gasteiger partial charge in [-0.1, -0.05) is 11.6 Å². The minimum atomic E-state index is -1.19. The molecule has 1 heterocycles. The molecule has 0 saturated heterocycles. The number of aromatic nitrogens is 1. The maximum atomic E-state index is 5.96. The summed E-state index contributed by atoms with van der Waals surface area (Å²) in [6.45, 7) is 0. The van der Waals surface area contributed by atoms with Crippen LogP contribution in [0.15, 0.2) is 24.5 Å². The second-order valence-electron chi connectivity index (χ2n) is 2.18. The van der Waals surface area contributed by atoms with Crippen molar-refractivity contribution in [3.63, 3.8) is 0 Å². The molecule has 5 heteroatoms. The van der Waals surface area contributed by atoms with Crippen molar-refractivity contribution < 1.29 is 9.47 Å². The third-order valence-electron chi connectivity index (χ3n) is 1.55. The van der Waals surface area contributed by atoms with Crippen molar-refractivity contribution in [1.82, 2.24) is 4.98 Å². The van der Waals surface area contributed by atoms with Crippen LogP contribution in [-0.4, -0.2) is 19.2 Å². The van der Waals surface area contributed by atoms with Gasteiger partial charge < -0.3 is 9.47 Å². The Morgan fingerprint density at radius 3 is 2.08 bits per heavy atom. The molecule has 0 unspecified atom stereocenters. The Bertz CT molecular complexity index is 239. The molecule has 0 fully saturated rings. The van der Waals surface area contributed by atoms with E-state index < -0.39 is 5.25 Å². The normalized spacial score (nSPS) is 10.7. The summed E-state index contributed by atoms with van der Waals surface area (Å²) >= 11 is 5.96. The molecular weight excluding hydrogens is 213 g/mol. The van der Waals surface area contributed by atoms with Crippen molar-refractivity contribution in [1.29, 1.82) is 0 Å². The van der Waals surface area contributed by atoms with E-state index in [0.717, 1.165) is 5.56 Å². The Morgan fingerprint density at radius 2 is 1.69 bits per heavy atom. The second kappa shape index (κ2) is 5.40. The van der Waals surface area contributed by atoms with Crippen LogP contribution >= 0.6 is 24.0 Å². The predicted molar refractivity (Wildman–Crippen MR) is 53.0 cm³/mol. The Balaban J connectivity index is 0.00000144. The standard InChI is InChI=1S/C8H10ClNO2.ClH/c1-11-8(9,12-2)7-3-5-10-6-4-7;/h3-6H,1-2H3;1H. The minimum absolute atomic E-state index is 0. The van der Waals surface area contributed by atoms with Crippen LogP contribution in [0.3, 0.4) is 0 Å². The van der Waals surface area contributed by atoms with Crippen LogP contribution in [0.2, 0.25) is 0 Å². The third kappa shape index (κ3) is 2.81. The van der Waals surface area contributed by atoms with Crippen LogP contribution in [0.1, 0.15) is 5.56 Å². The molecule has 1 aromatic rings. The smallest absolute Gasteiger partial charge is 0.275 e. The number of rotatable bonds is 3. The first-order valence-electron chi connectivity index (χ1n) is 3.42. The first-order valence-corrected chi connectivity index (χ1v) is 3.80.